The zero-order valence-corrected chi connectivity index (χ0v) is 18.8. The molecule has 6 nitrogen and oxygen atoms in total. The van der Waals surface area contributed by atoms with Crippen LogP contribution >= 0.6 is 0 Å². The van der Waals surface area contributed by atoms with Gasteiger partial charge in [0.25, 0.3) is 5.91 Å². The topological polar surface area (TPSA) is 63.1 Å². The van der Waals surface area contributed by atoms with Crippen molar-refractivity contribution in [3.8, 4) is 16.9 Å². The molecule has 1 unspecified atom stereocenters. The van der Waals surface area contributed by atoms with Crippen LogP contribution in [0.1, 0.15) is 43.5 Å². The van der Waals surface area contributed by atoms with E-state index in [0.717, 1.165) is 41.8 Å². The van der Waals surface area contributed by atoms with E-state index in [0.29, 0.717) is 12.1 Å². The zero-order valence-electron chi connectivity index (χ0n) is 18.8. The summed E-state index contributed by atoms with van der Waals surface area (Å²) in [5.41, 5.74) is 6.38. The normalized spacial score (nSPS) is 18.6. The molecule has 1 saturated heterocycles. The van der Waals surface area contributed by atoms with E-state index in [1.165, 1.54) is 17.2 Å². The second-order valence-corrected chi connectivity index (χ2v) is 8.72. The molecule has 2 aromatic heterocycles. The Morgan fingerprint density at radius 2 is 2.15 bits per heavy atom. The van der Waals surface area contributed by atoms with Crippen LogP contribution in [-0.4, -0.2) is 38.7 Å². The number of aromatic amines is 1. The number of aryl methyl sites for hydroxylation is 1. The van der Waals surface area contributed by atoms with E-state index in [2.05, 4.69) is 24.1 Å². The monoisotopic (exact) mass is 446 g/mol. The molecule has 1 fully saturated rings. The molecule has 1 amide bonds. The average molecular weight is 447 g/mol. The smallest absolute Gasteiger partial charge is 0.250 e. The highest BCUT2D eigenvalue weighted by Gasteiger charge is 2.36. The van der Waals surface area contributed by atoms with Crippen LogP contribution < -0.4 is 0 Å². The highest BCUT2D eigenvalue weighted by molar-refractivity contribution is 5.80. The predicted molar refractivity (Wildman–Crippen MR) is 124 cm³/mol. The van der Waals surface area contributed by atoms with Crippen LogP contribution in [0.4, 0.5) is 4.39 Å². The molecule has 7 heteroatoms. The Balaban J connectivity index is 1.48. The van der Waals surface area contributed by atoms with E-state index in [-0.39, 0.29) is 18.3 Å². The van der Waals surface area contributed by atoms with Crippen LogP contribution in [0.2, 0.25) is 0 Å². The number of rotatable bonds is 6. The Bertz CT molecular complexity index is 1240. The third-order valence-corrected chi connectivity index (χ3v) is 6.27. The summed E-state index contributed by atoms with van der Waals surface area (Å²) in [4.78, 5) is 17.6. The van der Waals surface area contributed by atoms with Crippen molar-refractivity contribution in [2.75, 3.05) is 13.2 Å². The van der Waals surface area contributed by atoms with Crippen molar-refractivity contribution in [2.24, 2.45) is 0 Å². The van der Waals surface area contributed by atoms with Gasteiger partial charge in [-0.25, -0.2) is 9.07 Å². The minimum atomic E-state index is -0.521. The molecule has 33 heavy (non-hydrogen) atoms. The van der Waals surface area contributed by atoms with Gasteiger partial charge in [-0.15, -0.1) is 0 Å². The Kier molecular flexibility index (Phi) is 5.72. The molecule has 5 rings (SSSR count). The molecule has 1 atom stereocenters. The Morgan fingerprint density at radius 3 is 2.91 bits per heavy atom. The summed E-state index contributed by atoms with van der Waals surface area (Å²) in [6.07, 6.45) is 12.5. The van der Waals surface area contributed by atoms with E-state index in [1.807, 2.05) is 24.7 Å². The van der Waals surface area contributed by atoms with E-state index in [9.17, 15) is 9.18 Å². The lowest BCUT2D eigenvalue weighted by Crippen LogP contribution is -2.30. The highest BCUT2D eigenvalue weighted by atomic mass is 19.1. The van der Waals surface area contributed by atoms with Crippen molar-refractivity contribution >= 4 is 5.91 Å². The number of allylic oxidation sites excluding steroid dienone is 3. The summed E-state index contributed by atoms with van der Waals surface area (Å²) in [5.74, 6) is -0.281. The third-order valence-electron chi connectivity index (χ3n) is 6.27. The summed E-state index contributed by atoms with van der Waals surface area (Å²) in [7, 11) is 0. The van der Waals surface area contributed by atoms with Gasteiger partial charge < -0.3 is 14.6 Å². The van der Waals surface area contributed by atoms with Crippen LogP contribution in [0, 0.1) is 12.7 Å². The zero-order chi connectivity index (χ0) is 22.9. The fourth-order valence-electron chi connectivity index (χ4n) is 4.48. The van der Waals surface area contributed by atoms with Crippen LogP contribution in [0.15, 0.2) is 66.2 Å². The Labute approximate surface area is 192 Å². The maximum absolute atomic E-state index is 13.8. The molecule has 1 aromatic carbocycles. The number of H-pyrrole nitrogens is 1. The first kappa shape index (κ1) is 21.4. The maximum atomic E-state index is 13.8. The van der Waals surface area contributed by atoms with Crippen molar-refractivity contribution in [2.45, 2.75) is 39.3 Å². The van der Waals surface area contributed by atoms with Gasteiger partial charge in [0.1, 0.15) is 18.1 Å². The van der Waals surface area contributed by atoms with Crippen molar-refractivity contribution in [3.05, 3.63) is 83.1 Å². The number of hydrogen-bond donors (Lipinski definition) is 1. The SMILES string of the molecule is CC1=CC(CCN2C(=O)COC2c2cn(-c3ccc(F)c(C)c3)nc2-c2cc[nH]c2)=CCC1. The van der Waals surface area contributed by atoms with Gasteiger partial charge in [0.05, 0.1) is 5.69 Å². The quantitative estimate of drug-likeness (QED) is 0.564. The minimum absolute atomic E-state index is 0.0255. The fourth-order valence-corrected chi connectivity index (χ4v) is 4.48. The molecule has 2 aliphatic rings. The number of carbonyl (C=O) groups excluding carboxylic acids is 1. The van der Waals surface area contributed by atoms with Crippen LogP contribution in [0.25, 0.3) is 16.9 Å². The molecule has 0 spiro atoms. The van der Waals surface area contributed by atoms with Gasteiger partial charge >= 0.3 is 0 Å². The van der Waals surface area contributed by atoms with Crippen LogP contribution in [0.5, 0.6) is 0 Å². The largest absolute Gasteiger partial charge is 0.367 e. The first-order valence-electron chi connectivity index (χ1n) is 11.3. The number of nitrogens with one attached hydrogen (secondary N) is 1. The van der Waals surface area contributed by atoms with Gasteiger partial charge in [0.2, 0.25) is 0 Å². The summed E-state index contributed by atoms with van der Waals surface area (Å²) >= 11 is 0. The highest BCUT2D eigenvalue weighted by Crippen LogP contribution is 2.36. The van der Waals surface area contributed by atoms with Gasteiger partial charge in [0.15, 0.2) is 6.23 Å². The number of ether oxygens (including phenoxy) is 1. The van der Waals surface area contributed by atoms with E-state index in [4.69, 9.17) is 9.84 Å². The first-order valence-corrected chi connectivity index (χ1v) is 11.3. The minimum Gasteiger partial charge on any atom is -0.367 e. The summed E-state index contributed by atoms with van der Waals surface area (Å²) in [5, 5.41) is 4.79. The standard InChI is InChI=1S/C26H27FN4O2/c1-17-4-3-5-19(12-17)9-11-30-24(32)16-33-26(30)22-15-31(21-6-7-23(27)18(2)13-21)29-25(22)20-8-10-28-14-20/h5-8,10,12-15,26,28H,3-4,9,11,16H2,1-2H3. The number of amides is 1. The van der Waals surface area contributed by atoms with Gasteiger partial charge in [-0.1, -0.05) is 23.3 Å². The first-order chi connectivity index (χ1) is 16.0. The molecule has 0 saturated carbocycles. The van der Waals surface area contributed by atoms with Crippen molar-refractivity contribution in [1.82, 2.24) is 19.7 Å². The molecule has 1 aliphatic heterocycles. The Hall–Kier alpha value is -3.45. The number of benzene rings is 1. The lowest BCUT2D eigenvalue weighted by Gasteiger charge is -2.24. The molecule has 0 bridgehead atoms. The second kappa shape index (κ2) is 8.83. The van der Waals surface area contributed by atoms with Crippen molar-refractivity contribution < 1.29 is 13.9 Å². The average Bonchev–Trinajstić information content (AvgIpc) is 3.54. The van der Waals surface area contributed by atoms with Gasteiger partial charge in [-0.2, -0.15) is 5.10 Å². The molecular weight excluding hydrogens is 419 g/mol. The molecule has 3 aromatic rings. The number of carbonyl (C=O) groups is 1. The van der Waals surface area contributed by atoms with Gasteiger partial charge in [0, 0.05) is 36.3 Å². The molecular formula is C26H27FN4O2. The molecule has 1 aliphatic carbocycles. The van der Waals surface area contributed by atoms with Crippen LogP contribution in [-0.2, 0) is 9.53 Å². The lowest BCUT2D eigenvalue weighted by atomic mass is 9.98. The number of halogens is 1. The van der Waals surface area contributed by atoms with Crippen molar-refractivity contribution in [1.29, 1.82) is 0 Å². The summed E-state index contributed by atoms with van der Waals surface area (Å²) < 4.78 is 21.5. The van der Waals surface area contributed by atoms with Crippen molar-refractivity contribution in [3.63, 3.8) is 0 Å². The molecule has 1 N–H and O–H groups in total. The molecule has 170 valence electrons. The van der Waals surface area contributed by atoms with Gasteiger partial charge in [-0.3, -0.25) is 4.79 Å². The number of hydrogen-bond acceptors (Lipinski definition) is 3. The van der Waals surface area contributed by atoms with E-state index >= 15 is 0 Å². The summed E-state index contributed by atoms with van der Waals surface area (Å²) in [6.45, 7) is 4.50. The van der Waals surface area contributed by atoms with Crippen LogP contribution in [0.3, 0.4) is 0 Å². The third kappa shape index (κ3) is 4.28. The number of aromatic nitrogens is 3. The molecule has 3 heterocycles. The fraction of sp³-hybridized carbons (Fsp3) is 0.308. The maximum Gasteiger partial charge on any atom is 0.250 e. The number of nitrogens with zero attached hydrogens (tertiary/aromatic N) is 3. The Morgan fingerprint density at radius 1 is 1.27 bits per heavy atom. The molecule has 0 radical (unpaired) electrons. The van der Waals surface area contributed by atoms with E-state index < -0.39 is 6.23 Å². The predicted octanol–water partition coefficient (Wildman–Crippen LogP) is 5.23. The summed E-state index contributed by atoms with van der Waals surface area (Å²) in [6, 6.07) is 6.84. The second-order valence-electron chi connectivity index (χ2n) is 8.72. The van der Waals surface area contributed by atoms with Gasteiger partial charge in [-0.05, 0) is 62.9 Å². The van der Waals surface area contributed by atoms with E-state index in [1.54, 1.807) is 28.6 Å². The lowest BCUT2D eigenvalue weighted by molar-refractivity contribution is -0.128.